The maximum atomic E-state index is 14.5. The minimum Gasteiger partial charge on any atom is -0.506 e. The second-order valence-corrected chi connectivity index (χ2v) is 11.0. The average molecular weight is 524 g/mol. The van der Waals surface area contributed by atoms with Crippen LogP contribution in [-0.2, 0) is 0 Å². The smallest absolute Gasteiger partial charge is 0.257 e. The zero-order valence-corrected chi connectivity index (χ0v) is 22.6. The van der Waals surface area contributed by atoms with Gasteiger partial charge in [0.2, 0.25) is 0 Å². The van der Waals surface area contributed by atoms with Crippen molar-refractivity contribution < 1.29 is 14.3 Å². The summed E-state index contributed by atoms with van der Waals surface area (Å²) in [6.45, 7) is 7.46. The van der Waals surface area contributed by atoms with Gasteiger partial charge in [-0.2, -0.15) is 0 Å². The molecule has 6 heteroatoms. The zero-order valence-electron chi connectivity index (χ0n) is 22.6. The van der Waals surface area contributed by atoms with E-state index in [4.69, 9.17) is 4.98 Å². The minimum absolute atomic E-state index is 0.00364. The van der Waals surface area contributed by atoms with Gasteiger partial charge in [-0.3, -0.25) is 9.78 Å². The number of aryl methyl sites for hydroxylation is 1. The number of hydrogen-bond donors (Lipinski definition) is 1. The van der Waals surface area contributed by atoms with Crippen molar-refractivity contribution >= 4 is 22.5 Å². The highest BCUT2D eigenvalue weighted by atomic mass is 19.1. The molecule has 2 aliphatic heterocycles. The number of amides is 1. The van der Waals surface area contributed by atoms with Gasteiger partial charge in [0.05, 0.1) is 16.8 Å². The van der Waals surface area contributed by atoms with Crippen molar-refractivity contribution in [2.75, 3.05) is 31.1 Å². The number of hydrogen-bond acceptors (Lipinski definition) is 4. The first-order chi connectivity index (χ1) is 18.9. The number of pyridine rings is 1. The van der Waals surface area contributed by atoms with Gasteiger partial charge in [-0.1, -0.05) is 37.6 Å². The number of carbonyl (C=O) groups is 1. The summed E-state index contributed by atoms with van der Waals surface area (Å²) in [5.41, 5.74) is 6.24. The molecule has 2 aliphatic rings. The lowest BCUT2D eigenvalue weighted by Gasteiger charge is -2.35. The van der Waals surface area contributed by atoms with E-state index in [0.717, 1.165) is 84.3 Å². The predicted octanol–water partition coefficient (Wildman–Crippen LogP) is 7.19. The number of nitrogens with zero attached hydrogens (tertiary/aromatic N) is 3. The molecule has 3 heterocycles. The Kier molecular flexibility index (Phi) is 6.71. The van der Waals surface area contributed by atoms with E-state index in [-0.39, 0.29) is 17.5 Å². The van der Waals surface area contributed by atoms with E-state index < -0.39 is 0 Å². The molecule has 0 spiro atoms. The van der Waals surface area contributed by atoms with Crippen LogP contribution in [0, 0.1) is 18.7 Å². The number of likely N-dealkylation sites (tertiary alicyclic amines) is 1. The molecule has 1 aromatic heterocycles. The zero-order chi connectivity index (χ0) is 27.1. The first kappa shape index (κ1) is 25.4. The van der Waals surface area contributed by atoms with Crippen LogP contribution in [-0.4, -0.2) is 47.1 Å². The van der Waals surface area contributed by atoms with Crippen molar-refractivity contribution in [2.45, 2.75) is 39.5 Å². The second kappa shape index (κ2) is 10.3. The molecule has 200 valence electrons. The van der Waals surface area contributed by atoms with E-state index in [2.05, 4.69) is 17.9 Å². The fourth-order valence-electron chi connectivity index (χ4n) is 5.99. The lowest BCUT2D eigenvalue weighted by Crippen LogP contribution is -2.42. The largest absolute Gasteiger partial charge is 0.506 e. The van der Waals surface area contributed by atoms with Gasteiger partial charge < -0.3 is 14.9 Å². The maximum absolute atomic E-state index is 14.5. The van der Waals surface area contributed by atoms with Gasteiger partial charge in [-0.15, -0.1) is 0 Å². The highest BCUT2D eigenvalue weighted by Crippen LogP contribution is 2.42. The van der Waals surface area contributed by atoms with E-state index in [0.29, 0.717) is 17.0 Å². The number of aromatic nitrogens is 1. The van der Waals surface area contributed by atoms with Gasteiger partial charge in [-0.25, -0.2) is 4.39 Å². The van der Waals surface area contributed by atoms with E-state index in [9.17, 15) is 14.3 Å². The summed E-state index contributed by atoms with van der Waals surface area (Å²) in [5.74, 6) is 0.326. The number of carbonyl (C=O) groups excluding carboxylic acids is 1. The third-order valence-corrected chi connectivity index (χ3v) is 8.42. The molecule has 39 heavy (non-hydrogen) atoms. The summed E-state index contributed by atoms with van der Waals surface area (Å²) in [6, 6.07) is 16.5. The summed E-state index contributed by atoms with van der Waals surface area (Å²) >= 11 is 0. The number of phenolic OH excluding ortho intramolecular Hbond substituents is 1. The molecule has 6 rings (SSSR count). The van der Waals surface area contributed by atoms with Crippen LogP contribution < -0.4 is 4.90 Å². The summed E-state index contributed by atoms with van der Waals surface area (Å²) < 4.78 is 14.5. The van der Waals surface area contributed by atoms with Gasteiger partial charge in [0.15, 0.2) is 0 Å². The summed E-state index contributed by atoms with van der Waals surface area (Å²) in [6.07, 6.45) is 6.26. The predicted molar refractivity (Wildman–Crippen MR) is 155 cm³/mol. The van der Waals surface area contributed by atoms with Crippen LogP contribution in [0.4, 0.5) is 10.1 Å². The van der Waals surface area contributed by atoms with E-state index in [1.807, 2.05) is 43.5 Å². The SMILES string of the molecule is CCC1CCN(c2c(-c3cc(C)cc(F)c3)cnc3ccc(-c4cccc(C(=O)N5CCC5)c4O)cc23)CC1. The Balaban J connectivity index is 1.51. The number of fused-ring (bicyclic) bond motifs is 1. The molecule has 0 aliphatic carbocycles. The molecular formula is C33H34FN3O2. The second-order valence-electron chi connectivity index (χ2n) is 11.0. The molecule has 0 radical (unpaired) electrons. The topological polar surface area (TPSA) is 56.7 Å². The van der Waals surface area contributed by atoms with Crippen LogP contribution in [0.3, 0.4) is 0 Å². The normalized spacial score (nSPS) is 16.0. The lowest BCUT2D eigenvalue weighted by atomic mass is 9.91. The standard InChI is InChI=1S/C33H34FN3O2/c1-3-22-10-14-36(15-11-22)31-28-19-23(26-6-4-7-27(32(26)38)33(39)37-12-5-13-37)8-9-30(28)35-20-29(31)24-16-21(2)17-25(34)18-24/h4,6-9,16-20,22,38H,3,5,10-15H2,1-2H3. The molecule has 2 fully saturated rings. The van der Waals surface area contributed by atoms with Crippen molar-refractivity contribution in [3.8, 4) is 28.0 Å². The number of anilines is 1. The highest BCUT2D eigenvalue weighted by Gasteiger charge is 2.26. The van der Waals surface area contributed by atoms with Crippen molar-refractivity contribution in [2.24, 2.45) is 5.92 Å². The van der Waals surface area contributed by atoms with Gasteiger partial charge in [0, 0.05) is 48.9 Å². The summed E-state index contributed by atoms with van der Waals surface area (Å²) in [4.78, 5) is 21.9. The van der Waals surface area contributed by atoms with Crippen LogP contribution in [0.5, 0.6) is 5.75 Å². The molecule has 3 aromatic carbocycles. The molecule has 1 amide bonds. The Morgan fingerprint density at radius 3 is 2.49 bits per heavy atom. The molecule has 0 bridgehead atoms. The minimum atomic E-state index is -0.261. The van der Waals surface area contributed by atoms with Gasteiger partial charge in [-0.05, 0) is 79.1 Å². The molecule has 2 saturated heterocycles. The number of rotatable bonds is 5. The molecule has 1 N–H and O–H groups in total. The van der Waals surface area contributed by atoms with Crippen LogP contribution in [0.25, 0.3) is 33.2 Å². The third-order valence-electron chi connectivity index (χ3n) is 8.42. The van der Waals surface area contributed by atoms with Crippen LogP contribution in [0.2, 0.25) is 0 Å². The Bertz CT molecular complexity index is 1530. The maximum Gasteiger partial charge on any atom is 0.257 e. The third kappa shape index (κ3) is 4.73. The fraction of sp³-hybridized carbons (Fsp3) is 0.333. The van der Waals surface area contributed by atoms with E-state index in [1.165, 1.54) is 6.42 Å². The highest BCUT2D eigenvalue weighted by molar-refractivity contribution is 6.03. The molecular weight excluding hydrogens is 489 g/mol. The number of phenols is 1. The Morgan fingerprint density at radius 1 is 1.00 bits per heavy atom. The summed E-state index contributed by atoms with van der Waals surface area (Å²) in [5, 5.41) is 12.2. The number of benzene rings is 3. The summed E-state index contributed by atoms with van der Waals surface area (Å²) in [7, 11) is 0. The van der Waals surface area contributed by atoms with Crippen molar-refractivity contribution in [1.82, 2.24) is 9.88 Å². The monoisotopic (exact) mass is 523 g/mol. The van der Waals surface area contributed by atoms with Crippen molar-refractivity contribution in [3.63, 3.8) is 0 Å². The van der Waals surface area contributed by atoms with Crippen molar-refractivity contribution in [1.29, 1.82) is 0 Å². The van der Waals surface area contributed by atoms with E-state index >= 15 is 0 Å². The Labute approximate surface area is 228 Å². The van der Waals surface area contributed by atoms with E-state index in [1.54, 1.807) is 23.1 Å². The average Bonchev–Trinajstić information content (AvgIpc) is 2.91. The molecule has 0 saturated carbocycles. The van der Waals surface area contributed by atoms with Gasteiger partial charge in [0.25, 0.3) is 5.91 Å². The number of para-hydroxylation sites is 1. The number of aromatic hydroxyl groups is 1. The first-order valence-electron chi connectivity index (χ1n) is 14.0. The van der Waals surface area contributed by atoms with Crippen LogP contribution >= 0.6 is 0 Å². The Hall–Kier alpha value is -3.93. The van der Waals surface area contributed by atoms with Crippen molar-refractivity contribution in [3.05, 3.63) is 77.7 Å². The lowest BCUT2D eigenvalue weighted by molar-refractivity contribution is 0.0649. The van der Waals surface area contributed by atoms with Crippen LogP contribution in [0.15, 0.2) is 60.8 Å². The molecule has 4 aromatic rings. The molecule has 0 unspecified atom stereocenters. The Morgan fingerprint density at radius 2 is 1.79 bits per heavy atom. The quantitative estimate of drug-likeness (QED) is 0.301. The number of halogens is 1. The van der Waals surface area contributed by atoms with Gasteiger partial charge >= 0.3 is 0 Å². The first-order valence-corrected chi connectivity index (χ1v) is 14.0. The molecule has 5 nitrogen and oxygen atoms in total. The molecule has 0 atom stereocenters. The number of piperidine rings is 1. The van der Waals surface area contributed by atoms with Crippen LogP contribution in [0.1, 0.15) is 48.5 Å². The van der Waals surface area contributed by atoms with Gasteiger partial charge in [0.1, 0.15) is 11.6 Å². The fourth-order valence-corrected chi connectivity index (χ4v) is 5.99.